The fourth-order valence-electron chi connectivity index (χ4n) is 3.29. The number of rotatable bonds is 17. The van der Waals surface area contributed by atoms with E-state index in [4.69, 9.17) is 0 Å². The summed E-state index contributed by atoms with van der Waals surface area (Å²) in [5.41, 5.74) is 0.454. The van der Waals surface area contributed by atoms with Crippen LogP contribution in [0.15, 0.2) is 24.3 Å². The molecule has 0 atom stereocenters. The van der Waals surface area contributed by atoms with Gasteiger partial charge in [-0.05, 0) is 30.7 Å². The molecular formula is C24H38FNO2. The Balaban J connectivity index is 1.90. The zero-order valence-electron chi connectivity index (χ0n) is 17.6. The van der Waals surface area contributed by atoms with Crippen molar-refractivity contribution in [1.82, 2.24) is 5.32 Å². The molecule has 1 amide bonds. The van der Waals surface area contributed by atoms with E-state index in [9.17, 15) is 14.0 Å². The standard InChI is InChI=1S/C24H38FNO2/c1-2-3-4-5-6-7-8-9-10-11-12-13-20-26-24(28)19-18-23(27)21-14-16-22(25)17-15-21/h14-17H,2-13,18-20H2,1H3,(H,26,28). The molecule has 1 aromatic rings. The summed E-state index contributed by atoms with van der Waals surface area (Å²) < 4.78 is 12.8. The Bertz CT molecular complexity index is 542. The third kappa shape index (κ3) is 12.6. The Labute approximate surface area is 170 Å². The third-order valence-corrected chi connectivity index (χ3v) is 5.10. The number of halogens is 1. The number of hydrogen-bond acceptors (Lipinski definition) is 2. The highest BCUT2D eigenvalue weighted by Crippen LogP contribution is 2.12. The van der Waals surface area contributed by atoms with Crippen molar-refractivity contribution in [3.8, 4) is 0 Å². The Morgan fingerprint density at radius 2 is 1.25 bits per heavy atom. The molecule has 0 aromatic heterocycles. The first kappa shape index (κ1) is 24.3. The number of unbranched alkanes of at least 4 members (excludes halogenated alkanes) is 11. The quantitative estimate of drug-likeness (QED) is 0.240. The van der Waals surface area contributed by atoms with Crippen LogP contribution in [-0.4, -0.2) is 18.2 Å². The van der Waals surface area contributed by atoms with Crippen molar-refractivity contribution in [1.29, 1.82) is 0 Å². The van der Waals surface area contributed by atoms with Gasteiger partial charge in [0.25, 0.3) is 0 Å². The number of hydrogen-bond donors (Lipinski definition) is 1. The molecule has 0 aliphatic rings. The van der Waals surface area contributed by atoms with Crippen molar-refractivity contribution in [3.05, 3.63) is 35.6 Å². The Hall–Kier alpha value is -1.71. The molecule has 0 fully saturated rings. The summed E-state index contributed by atoms with van der Waals surface area (Å²) in [4.78, 5) is 23.8. The van der Waals surface area contributed by atoms with Gasteiger partial charge >= 0.3 is 0 Å². The number of amides is 1. The fourth-order valence-corrected chi connectivity index (χ4v) is 3.29. The van der Waals surface area contributed by atoms with Crippen LogP contribution in [0.1, 0.15) is 107 Å². The second kappa shape index (κ2) is 16.3. The number of carbonyl (C=O) groups excluding carboxylic acids is 2. The molecule has 1 rings (SSSR count). The molecule has 158 valence electrons. The first-order valence-corrected chi connectivity index (χ1v) is 11.2. The van der Waals surface area contributed by atoms with Crippen molar-refractivity contribution >= 4 is 11.7 Å². The van der Waals surface area contributed by atoms with Crippen LogP contribution < -0.4 is 5.32 Å². The molecule has 0 spiro atoms. The lowest BCUT2D eigenvalue weighted by molar-refractivity contribution is -0.121. The Morgan fingerprint density at radius 3 is 1.79 bits per heavy atom. The highest BCUT2D eigenvalue weighted by molar-refractivity contribution is 5.97. The minimum Gasteiger partial charge on any atom is -0.356 e. The van der Waals surface area contributed by atoms with Gasteiger partial charge in [-0.25, -0.2) is 4.39 Å². The number of benzene rings is 1. The molecule has 0 heterocycles. The molecular weight excluding hydrogens is 353 g/mol. The zero-order chi connectivity index (χ0) is 20.5. The molecule has 1 aromatic carbocycles. The van der Waals surface area contributed by atoms with Gasteiger partial charge in [0.2, 0.25) is 5.91 Å². The molecule has 28 heavy (non-hydrogen) atoms. The maximum absolute atomic E-state index is 12.8. The van der Waals surface area contributed by atoms with Crippen LogP contribution >= 0.6 is 0 Å². The van der Waals surface area contributed by atoms with Gasteiger partial charge in [-0.2, -0.15) is 0 Å². The van der Waals surface area contributed by atoms with E-state index in [-0.39, 0.29) is 30.3 Å². The van der Waals surface area contributed by atoms with Crippen molar-refractivity contribution in [2.24, 2.45) is 0 Å². The van der Waals surface area contributed by atoms with Gasteiger partial charge in [0.05, 0.1) is 0 Å². The normalized spacial score (nSPS) is 10.8. The topological polar surface area (TPSA) is 46.2 Å². The molecule has 3 nitrogen and oxygen atoms in total. The predicted molar refractivity (Wildman–Crippen MR) is 114 cm³/mol. The molecule has 0 radical (unpaired) electrons. The van der Waals surface area contributed by atoms with Gasteiger partial charge in [0, 0.05) is 24.9 Å². The monoisotopic (exact) mass is 391 g/mol. The van der Waals surface area contributed by atoms with Gasteiger partial charge in [0.15, 0.2) is 5.78 Å². The summed E-state index contributed by atoms with van der Waals surface area (Å²) in [6, 6.07) is 5.45. The lowest BCUT2D eigenvalue weighted by Crippen LogP contribution is -2.24. The van der Waals surface area contributed by atoms with Crippen LogP contribution in [-0.2, 0) is 4.79 Å². The van der Waals surface area contributed by atoms with Crippen molar-refractivity contribution in [2.45, 2.75) is 96.8 Å². The highest BCUT2D eigenvalue weighted by Gasteiger charge is 2.09. The van der Waals surface area contributed by atoms with Gasteiger partial charge in [-0.3, -0.25) is 9.59 Å². The summed E-state index contributed by atoms with van der Waals surface area (Å²) in [6.45, 7) is 2.93. The second-order valence-electron chi connectivity index (χ2n) is 7.67. The van der Waals surface area contributed by atoms with E-state index in [0.717, 1.165) is 12.8 Å². The van der Waals surface area contributed by atoms with E-state index in [1.54, 1.807) is 0 Å². The van der Waals surface area contributed by atoms with Crippen molar-refractivity contribution < 1.29 is 14.0 Å². The van der Waals surface area contributed by atoms with E-state index in [2.05, 4.69) is 12.2 Å². The Kier molecular flexibility index (Phi) is 14.1. The third-order valence-electron chi connectivity index (χ3n) is 5.10. The largest absolute Gasteiger partial charge is 0.356 e. The number of Topliss-reactive ketones (excluding diaryl/α,β-unsaturated/α-hetero) is 1. The maximum atomic E-state index is 12.8. The first-order valence-electron chi connectivity index (χ1n) is 11.2. The van der Waals surface area contributed by atoms with E-state index >= 15 is 0 Å². The summed E-state index contributed by atoms with van der Waals surface area (Å²) in [5.74, 6) is -0.573. The number of ketones is 1. The number of carbonyl (C=O) groups is 2. The average Bonchev–Trinajstić information content (AvgIpc) is 2.70. The van der Waals surface area contributed by atoms with Crippen LogP contribution in [0.2, 0.25) is 0 Å². The van der Waals surface area contributed by atoms with E-state index in [0.29, 0.717) is 12.1 Å². The lowest BCUT2D eigenvalue weighted by atomic mass is 10.1. The molecule has 0 unspecified atom stereocenters. The van der Waals surface area contributed by atoms with Gasteiger partial charge in [0.1, 0.15) is 5.82 Å². The van der Waals surface area contributed by atoms with Crippen LogP contribution in [0, 0.1) is 5.82 Å². The van der Waals surface area contributed by atoms with Gasteiger partial charge in [-0.15, -0.1) is 0 Å². The van der Waals surface area contributed by atoms with Crippen molar-refractivity contribution in [3.63, 3.8) is 0 Å². The van der Waals surface area contributed by atoms with Crippen molar-refractivity contribution in [2.75, 3.05) is 6.54 Å². The highest BCUT2D eigenvalue weighted by atomic mass is 19.1. The SMILES string of the molecule is CCCCCCCCCCCCCCNC(=O)CCC(=O)c1ccc(F)cc1. The smallest absolute Gasteiger partial charge is 0.220 e. The van der Waals surface area contributed by atoms with Gasteiger partial charge in [-0.1, -0.05) is 77.6 Å². The van der Waals surface area contributed by atoms with E-state index < -0.39 is 0 Å². The molecule has 0 aliphatic heterocycles. The minimum absolute atomic E-state index is 0.0847. The summed E-state index contributed by atoms with van der Waals surface area (Å²) in [5, 5.41) is 2.88. The first-order chi connectivity index (χ1) is 13.6. The van der Waals surface area contributed by atoms with Gasteiger partial charge < -0.3 is 5.32 Å². The molecule has 0 aliphatic carbocycles. The van der Waals surface area contributed by atoms with Crippen LogP contribution in [0.5, 0.6) is 0 Å². The van der Waals surface area contributed by atoms with Crippen LogP contribution in [0.25, 0.3) is 0 Å². The average molecular weight is 392 g/mol. The summed E-state index contributed by atoms with van der Waals surface area (Å²) in [7, 11) is 0. The number of nitrogens with one attached hydrogen (secondary N) is 1. The van der Waals surface area contributed by atoms with E-state index in [1.807, 2.05) is 0 Å². The summed E-state index contributed by atoms with van der Waals surface area (Å²) in [6.07, 6.45) is 15.9. The maximum Gasteiger partial charge on any atom is 0.220 e. The summed E-state index contributed by atoms with van der Waals surface area (Å²) >= 11 is 0. The Morgan fingerprint density at radius 1 is 0.750 bits per heavy atom. The molecule has 0 saturated heterocycles. The fraction of sp³-hybridized carbons (Fsp3) is 0.667. The zero-order valence-corrected chi connectivity index (χ0v) is 17.6. The molecule has 0 bridgehead atoms. The van der Waals surface area contributed by atoms with Crippen LogP contribution in [0.4, 0.5) is 4.39 Å². The van der Waals surface area contributed by atoms with E-state index in [1.165, 1.54) is 88.5 Å². The lowest BCUT2D eigenvalue weighted by Gasteiger charge is -2.06. The molecule has 0 saturated carbocycles. The predicted octanol–water partition coefficient (Wildman–Crippen LogP) is 6.61. The minimum atomic E-state index is -0.364. The molecule has 4 heteroatoms. The molecule has 1 N–H and O–H groups in total. The van der Waals surface area contributed by atoms with Crippen LogP contribution in [0.3, 0.4) is 0 Å². The second-order valence-corrected chi connectivity index (χ2v) is 7.67.